The molecule has 0 aliphatic heterocycles. The van der Waals surface area contributed by atoms with Gasteiger partial charge in [-0.3, -0.25) is 9.36 Å². The second kappa shape index (κ2) is 5.10. The van der Waals surface area contributed by atoms with Gasteiger partial charge in [-0.1, -0.05) is 29.8 Å². The maximum Gasteiger partial charge on any atom is 0.255 e. The van der Waals surface area contributed by atoms with Crippen molar-refractivity contribution in [3.8, 4) is 6.07 Å². The summed E-state index contributed by atoms with van der Waals surface area (Å²) in [7, 11) is 0. The van der Waals surface area contributed by atoms with Crippen LogP contribution >= 0.6 is 11.6 Å². The molecule has 20 heavy (non-hydrogen) atoms. The van der Waals surface area contributed by atoms with Crippen LogP contribution in [0.2, 0.25) is 5.15 Å². The summed E-state index contributed by atoms with van der Waals surface area (Å²) in [6, 6.07) is 10.8. The van der Waals surface area contributed by atoms with Gasteiger partial charge in [-0.15, -0.1) is 0 Å². The van der Waals surface area contributed by atoms with Crippen LogP contribution in [0.3, 0.4) is 0 Å². The number of nitriles is 1. The fourth-order valence-electron chi connectivity index (χ4n) is 2.24. The third kappa shape index (κ3) is 2.45. The Morgan fingerprint density at radius 3 is 2.85 bits per heavy atom. The molecule has 1 aromatic heterocycles. The van der Waals surface area contributed by atoms with E-state index < -0.39 is 0 Å². The van der Waals surface area contributed by atoms with Gasteiger partial charge < -0.3 is 0 Å². The summed E-state index contributed by atoms with van der Waals surface area (Å²) >= 11 is 5.88. The van der Waals surface area contributed by atoms with Crippen molar-refractivity contribution in [3.05, 3.63) is 62.8 Å². The molecule has 0 N–H and O–H groups in total. The Hall–Kier alpha value is -2.12. The fourth-order valence-corrected chi connectivity index (χ4v) is 2.42. The van der Waals surface area contributed by atoms with Crippen molar-refractivity contribution in [2.24, 2.45) is 0 Å². The minimum absolute atomic E-state index is 0.167. The summed E-state index contributed by atoms with van der Waals surface area (Å²) in [6.07, 6.45) is 2.07. The van der Waals surface area contributed by atoms with Gasteiger partial charge >= 0.3 is 0 Å². The molecule has 0 saturated heterocycles. The van der Waals surface area contributed by atoms with E-state index in [0.717, 1.165) is 24.2 Å². The predicted molar refractivity (Wildman–Crippen MR) is 75.7 cm³/mol. The number of aromatic nitrogens is 2. The van der Waals surface area contributed by atoms with Gasteiger partial charge in [0.15, 0.2) is 0 Å². The number of rotatable bonds is 3. The lowest BCUT2D eigenvalue weighted by atomic mass is 10.1. The quantitative estimate of drug-likeness (QED) is 0.815. The van der Waals surface area contributed by atoms with E-state index in [1.54, 1.807) is 10.6 Å². The molecule has 1 heterocycles. The Balaban J connectivity index is 2.07. The molecule has 1 saturated carbocycles. The minimum atomic E-state index is -0.167. The Morgan fingerprint density at radius 1 is 1.40 bits per heavy atom. The van der Waals surface area contributed by atoms with Crippen molar-refractivity contribution in [1.82, 2.24) is 9.55 Å². The van der Waals surface area contributed by atoms with Gasteiger partial charge in [0.05, 0.1) is 18.2 Å². The van der Waals surface area contributed by atoms with E-state index in [1.165, 1.54) is 6.07 Å². The average Bonchev–Trinajstić information content (AvgIpc) is 3.26. The molecule has 4 nitrogen and oxygen atoms in total. The molecular weight excluding hydrogens is 274 g/mol. The SMILES string of the molecule is N#Cc1ccccc1Cn1c(C2CC2)nc(Cl)cc1=O. The summed E-state index contributed by atoms with van der Waals surface area (Å²) < 4.78 is 1.62. The van der Waals surface area contributed by atoms with Gasteiger partial charge in [-0.25, -0.2) is 4.98 Å². The zero-order chi connectivity index (χ0) is 14.1. The van der Waals surface area contributed by atoms with Crippen molar-refractivity contribution in [2.45, 2.75) is 25.3 Å². The highest BCUT2D eigenvalue weighted by molar-refractivity contribution is 6.29. The van der Waals surface area contributed by atoms with Crippen LogP contribution in [-0.4, -0.2) is 9.55 Å². The molecule has 3 rings (SSSR count). The number of hydrogen-bond donors (Lipinski definition) is 0. The highest BCUT2D eigenvalue weighted by atomic mass is 35.5. The Bertz CT molecular complexity index is 756. The number of hydrogen-bond acceptors (Lipinski definition) is 3. The molecule has 1 aliphatic carbocycles. The fraction of sp³-hybridized carbons (Fsp3) is 0.267. The lowest BCUT2D eigenvalue weighted by Gasteiger charge is -2.12. The minimum Gasteiger partial charge on any atom is -0.292 e. The second-order valence-corrected chi connectivity index (χ2v) is 5.29. The summed E-state index contributed by atoms with van der Waals surface area (Å²) in [6.45, 7) is 0.360. The summed E-state index contributed by atoms with van der Waals surface area (Å²) in [5.74, 6) is 1.05. The van der Waals surface area contributed by atoms with Gasteiger partial charge in [0.25, 0.3) is 5.56 Å². The first-order valence-corrected chi connectivity index (χ1v) is 6.82. The van der Waals surface area contributed by atoms with Crippen LogP contribution in [0.25, 0.3) is 0 Å². The lowest BCUT2D eigenvalue weighted by Crippen LogP contribution is -2.25. The van der Waals surface area contributed by atoms with Gasteiger partial charge in [0.2, 0.25) is 0 Å². The third-order valence-corrected chi connectivity index (χ3v) is 3.61. The largest absolute Gasteiger partial charge is 0.292 e. The van der Waals surface area contributed by atoms with Crippen molar-refractivity contribution < 1.29 is 0 Å². The van der Waals surface area contributed by atoms with E-state index in [9.17, 15) is 4.79 Å². The van der Waals surface area contributed by atoms with E-state index in [0.29, 0.717) is 18.0 Å². The van der Waals surface area contributed by atoms with Crippen LogP contribution in [0.15, 0.2) is 35.1 Å². The molecule has 1 aromatic carbocycles. The maximum atomic E-state index is 12.2. The van der Waals surface area contributed by atoms with Crippen molar-refractivity contribution in [1.29, 1.82) is 5.26 Å². The molecule has 0 atom stereocenters. The Kier molecular flexibility index (Phi) is 3.29. The topological polar surface area (TPSA) is 58.7 Å². The predicted octanol–water partition coefficient (Wildman–Crippen LogP) is 2.69. The first-order chi connectivity index (χ1) is 9.69. The van der Waals surface area contributed by atoms with E-state index in [-0.39, 0.29) is 10.7 Å². The molecule has 0 spiro atoms. The summed E-state index contributed by atoms with van der Waals surface area (Å²) in [5, 5.41) is 9.36. The van der Waals surface area contributed by atoms with E-state index in [4.69, 9.17) is 16.9 Å². The average molecular weight is 286 g/mol. The van der Waals surface area contributed by atoms with Crippen LogP contribution in [-0.2, 0) is 6.54 Å². The first-order valence-electron chi connectivity index (χ1n) is 6.44. The Labute approximate surface area is 121 Å². The van der Waals surface area contributed by atoms with Gasteiger partial charge in [-0.05, 0) is 24.5 Å². The highest BCUT2D eigenvalue weighted by Gasteiger charge is 2.29. The van der Waals surface area contributed by atoms with Crippen LogP contribution in [0.1, 0.15) is 35.7 Å². The molecule has 1 aliphatic rings. The smallest absolute Gasteiger partial charge is 0.255 e. The van der Waals surface area contributed by atoms with E-state index in [2.05, 4.69) is 11.1 Å². The van der Waals surface area contributed by atoms with Crippen molar-refractivity contribution in [2.75, 3.05) is 0 Å². The third-order valence-electron chi connectivity index (χ3n) is 3.42. The van der Waals surface area contributed by atoms with Crippen LogP contribution in [0.4, 0.5) is 0 Å². The van der Waals surface area contributed by atoms with E-state index in [1.807, 2.05) is 18.2 Å². The van der Waals surface area contributed by atoms with Crippen LogP contribution in [0.5, 0.6) is 0 Å². The van der Waals surface area contributed by atoms with Crippen molar-refractivity contribution in [3.63, 3.8) is 0 Å². The number of nitrogens with zero attached hydrogens (tertiary/aromatic N) is 3. The molecule has 0 amide bonds. The molecule has 0 unspecified atom stereocenters. The molecular formula is C15H12ClN3O. The molecule has 5 heteroatoms. The molecule has 100 valence electrons. The number of benzene rings is 1. The van der Waals surface area contributed by atoms with Crippen LogP contribution in [0, 0.1) is 11.3 Å². The standard InChI is InChI=1S/C15H12ClN3O/c16-13-7-14(20)19(15(18-13)10-5-6-10)9-12-4-2-1-3-11(12)8-17/h1-4,7,10H,5-6,9H2. The summed E-state index contributed by atoms with van der Waals surface area (Å²) in [5.41, 5.74) is 1.24. The zero-order valence-corrected chi connectivity index (χ0v) is 11.5. The van der Waals surface area contributed by atoms with Crippen LogP contribution < -0.4 is 5.56 Å². The van der Waals surface area contributed by atoms with Gasteiger partial charge in [0, 0.05) is 12.0 Å². The van der Waals surface area contributed by atoms with E-state index >= 15 is 0 Å². The summed E-state index contributed by atoms with van der Waals surface area (Å²) in [4.78, 5) is 16.4. The normalized spacial score (nSPS) is 14.0. The van der Waals surface area contributed by atoms with Gasteiger partial charge in [0.1, 0.15) is 11.0 Å². The zero-order valence-electron chi connectivity index (χ0n) is 10.7. The molecule has 1 fully saturated rings. The maximum absolute atomic E-state index is 12.2. The lowest BCUT2D eigenvalue weighted by molar-refractivity contribution is 0.668. The number of halogens is 1. The molecule has 0 radical (unpaired) electrons. The highest BCUT2D eigenvalue weighted by Crippen LogP contribution is 2.39. The first kappa shape index (κ1) is 12.9. The van der Waals surface area contributed by atoms with Crippen molar-refractivity contribution >= 4 is 11.6 Å². The molecule has 0 bridgehead atoms. The monoisotopic (exact) mass is 285 g/mol. The molecule has 2 aromatic rings. The Morgan fingerprint density at radius 2 is 2.15 bits per heavy atom. The van der Waals surface area contributed by atoms with Gasteiger partial charge in [-0.2, -0.15) is 5.26 Å². The second-order valence-electron chi connectivity index (χ2n) is 4.90.